The highest BCUT2D eigenvalue weighted by Crippen LogP contribution is 2.38. The largest absolute Gasteiger partial charge is 0.756 e. The van der Waals surface area contributed by atoms with Crippen LogP contribution in [-0.2, 0) is 32.7 Å². The second-order valence-corrected chi connectivity index (χ2v) is 21.3. The molecule has 69 heavy (non-hydrogen) atoms. The van der Waals surface area contributed by atoms with Crippen molar-refractivity contribution >= 4 is 19.8 Å². The molecule has 0 spiro atoms. The van der Waals surface area contributed by atoms with Gasteiger partial charge in [-0.05, 0) is 64.2 Å². The first-order chi connectivity index (χ1) is 33.5. The summed E-state index contributed by atoms with van der Waals surface area (Å²) in [6, 6.07) is 0. The van der Waals surface area contributed by atoms with Gasteiger partial charge in [-0.15, -0.1) is 0 Å². The van der Waals surface area contributed by atoms with Crippen molar-refractivity contribution in [1.82, 2.24) is 0 Å². The molecule has 0 rings (SSSR count). The molecule has 0 radical (unpaired) electrons. The normalized spacial score (nSPS) is 13.9. The van der Waals surface area contributed by atoms with Crippen LogP contribution in [0, 0.1) is 0 Å². The van der Waals surface area contributed by atoms with E-state index in [1.165, 1.54) is 122 Å². The number of rotatable bonds is 51. The predicted octanol–water partition coefficient (Wildman–Crippen LogP) is 16.7. The average Bonchev–Trinajstić information content (AvgIpc) is 3.31. The van der Waals surface area contributed by atoms with Crippen molar-refractivity contribution in [2.45, 2.75) is 245 Å². The molecule has 0 aromatic heterocycles. The lowest BCUT2D eigenvalue weighted by Crippen LogP contribution is -2.37. The molecule has 0 amide bonds. The lowest BCUT2D eigenvalue weighted by Gasteiger charge is -2.28. The van der Waals surface area contributed by atoms with Gasteiger partial charge in [0.25, 0.3) is 7.82 Å². The summed E-state index contributed by atoms with van der Waals surface area (Å²) in [4.78, 5) is 37.8. The maximum absolute atomic E-state index is 12.8. The Morgan fingerprint density at radius 2 is 0.826 bits per heavy atom. The van der Waals surface area contributed by atoms with Gasteiger partial charge in [-0.25, -0.2) is 0 Å². The Bertz CT molecular complexity index is 1400. The third-order valence-electron chi connectivity index (χ3n) is 12.0. The van der Waals surface area contributed by atoms with Crippen LogP contribution in [0.4, 0.5) is 0 Å². The van der Waals surface area contributed by atoms with E-state index < -0.39 is 26.5 Å². The monoisotopic (exact) mass is 988 g/mol. The van der Waals surface area contributed by atoms with E-state index in [1.54, 1.807) is 0 Å². The molecule has 2 unspecified atom stereocenters. The van der Waals surface area contributed by atoms with E-state index in [2.05, 4.69) is 86.8 Å². The van der Waals surface area contributed by atoms with Crippen LogP contribution in [0.2, 0.25) is 0 Å². The molecule has 400 valence electrons. The van der Waals surface area contributed by atoms with E-state index in [0.717, 1.165) is 83.5 Å². The summed E-state index contributed by atoms with van der Waals surface area (Å²) in [6.07, 6.45) is 65.1. The van der Waals surface area contributed by atoms with Gasteiger partial charge in [-0.1, -0.05) is 234 Å². The van der Waals surface area contributed by atoms with Crippen LogP contribution in [0.25, 0.3) is 0 Å². The molecule has 0 heterocycles. The van der Waals surface area contributed by atoms with Crippen LogP contribution in [-0.4, -0.2) is 70.0 Å². The van der Waals surface area contributed by atoms with E-state index in [0.29, 0.717) is 17.4 Å². The van der Waals surface area contributed by atoms with Crippen molar-refractivity contribution in [3.8, 4) is 0 Å². The molecule has 0 aromatic carbocycles. The number of carbonyl (C=O) groups excluding carboxylic acids is 2. The number of esters is 2. The van der Waals surface area contributed by atoms with Gasteiger partial charge < -0.3 is 27.9 Å². The fourth-order valence-electron chi connectivity index (χ4n) is 7.66. The first kappa shape index (κ1) is 66.5. The molecule has 9 nitrogen and oxygen atoms in total. The third-order valence-corrected chi connectivity index (χ3v) is 13.0. The summed E-state index contributed by atoms with van der Waals surface area (Å²) in [5, 5.41) is 0. The Balaban J connectivity index is 4.25. The number of quaternary nitrogens is 1. The zero-order valence-electron chi connectivity index (χ0n) is 45.2. The molecule has 0 saturated carbocycles. The molecule has 0 aliphatic heterocycles. The van der Waals surface area contributed by atoms with Crippen molar-refractivity contribution in [2.24, 2.45) is 0 Å². The summed E-state index contributed by atoms with van der Waals surface area (Å²) in [5.74, 6) is -0.858. The number of nitrogens with zero attached hydrogens (tertiary/aromatic N) is 1. The Labute approximate surface area is 425 Å². The molecule has 0 fully saturated rings. The standard InChI is InChI=1S/C59H106NO8P/c1-6-8-10-12-14-16-18-20-22-24-26-28-30-32-34-36-38-40-42-44-46-48-50-52-59(62)68-57(56-67-69(63,64)66-54-53-60(3,4)5)55-65-58(61)51-49-47-45-43-41-39-37-35-33-31-29-27-25-23-21-19-17-15-13-11-9-7-2/h8,10,14,16,20,22,26,28,32,34,38,40,57H,6-7,9,11-13,15,17-19,21,23-25,27,29-31,33,35-37,39,41-56H2,1-5H3/b10-8-,16-14-,22-20-,28-26-,34-32-,40-38-. The van der Waals surface area contributed by atoms with Crippen molar-refractivity contribution in [3.63, 3.8) is 0 Å². The number of likely N-dealkylation sites (N-methyl/N-ethyl adjacent to an activating group) is 1. The van der Waals surface area contributed by atoms with E-state index in [-0.39, 0.29) is 32.0 Å². The fraction of sp³-hybridized carbons (Fsp3) is 0.763. The van der Waals surface area contributed by atoms with E-state index in [1.807, 2.05) is 21.1 Å². The Morgan fingerprint density at radius 3 is 1.23 bits per heavy atom. The van der Waals surface area contributed by atoms with Crippen LogP contribution in [0.5, 0.6) is 0 Å². The van der Waals surface area contributed by atoms with Gasteiger partial charge >= 0.3 is 11.9 Å². The summed E-state index contributed by atoms with van der Waals surface area (Å²) in [5.41, 5.74) is 0. The maximum atomic E-state index is 12.8. The van der Waals surface area contributed by atoms with Crippen molar-refractivity contribution in [3.05, 3.63) is 72.9 Å². The molecule has 10 heteroatoms. The molecule has 0 N–H and O–H groups in total. The Hall–Kier alpha value is -2.55. The van der Waals surface area contributed by atoms with Gasteiger partial charge in [0.2, 0.25) is 0 Å². The minimum Gasteiger partial charge on any atom is -0.756 e. The van der Waals surface area contributed by atoms with Gasteiger partial charge in [0.15, 0.2) is 6.10 Å². The number of hydrogen-bond acceptors (Lipinski definition) is 8. The number of allylic oxidation sites excluding steroid dienone is 12. The van der Waals surface area contributed by atoms with Crippen LogP contribution < -0.4 is 4.89 Å². The number of ether oxygens (including phenoxy) is 2. The first-order valence-electron chi connectivity index (χ1n) is 28.1. The van der Waals surface area contributed by atoms with Crippen LogP contribution >= 0.6 is 7.82 Å². The van der Waals surface area contributed by atoms with E-state index >= 15 is 0 Å². The summed E-state index contributed by atoms with van der Waals surface area (Å²) in [7, 11) is 1.15. The topological polar surface area (TPSA) is 111 Å². The summed E-state index contributed by atoms with van der Waals surface area (Å²) >= 11 is 0. The smallest absolute Gasteiger partial charge is 0.306 e. The number of phosphoric acid groups is 1. The van der Waals surface area contributed by atoms with Gasteiger partial charge in [-0.3, -0.25) is 14.2 Å². The Morgan fingerprint density at radius 1 is 0.464 bits per heavy atom. The molecule has 0 aliphatic rings. The molecule has 0 aromatic rings. The highest BCUT2D eigenvalue weighted by molar-refractivity contribution is 7.45. The quantitative estimate of drug-likeness (QED) is 0.0195. The van der Waals surface area contributed by atoms with Crippen LogP contribution in [0.1, 0.15) is 239 Å². The predicted molar refractivity (Wildman–Crippen MR) is 291 cm³/mol. The van der Waals surface area contributed by atoms with Crippen LogP contribution in [0.3, 0.4) is 0 Å². The first-order valence-corrected chi connectivity index (χ1v) is 29.6. The molecule has 0 saturated heterocycles. The van der Waals surface area contributed by atoms with E-state index in [9.17, 15) is 19.0 Å². The second-order valence-electron chi connectivity index (χ2n) is 19.9. The molecular formula is C59H106NO8P. The zero-order chi connectivity index (χ0) is 50.6. The third kappa shape index (κ3) is 54.6. The second kappa shape index (κ2) is 50.4. The van der Waals surface area contributed by atoms with Gasteiger partial charge in [0.05, 0.1) is 27.7 Å². The molecule has 2 atom stereocenters. The number of phosphoric ester groups is 1. The van der Waals surface area contributed by atoms with Gasteiger partial charge in [0.1, 0.15) is 19.8 Å². The van der Waals surface area contributed by atoms with Crippen molar-refractivity contribution in [1.29, 1.82) is 0 Å². The summed E-state index contributed by atoms with van der Waals surface area (Å²) < 4.78 is 34.1. The minimum atomic E-state index is -4.64. The fourth-order valence-corrected chi connectivity index (χ4v) is 8.39. The van der Waals surface area contributed by atoms with Gasteiger partial charge in [0, 0.05) is 12.8 Å². The van der Waals surface area contributed by atoms with Crippen molar-refractivity contribution in [2.75, 3.05) is 47.5 Å². The molecule has 0 aliphatic carbocycles. The SMILES string of the molecule is CC/C=C\C/C=C\C/C=C\C/C=C\C/C=C\C/C=C\CCCCCCC(=O)OC(COC(=O)CCCCCCCCCCCCCCCCCCCCCCCC)COP(=O)([O-])OCC[N+](C)(C)C. The highest BCUT2D eigenvalue weighted by Gasteiger charge is 2.21. The number of unbranched alkanes of at least 4 members (excludes halogenated alkanes) is 25. The minimum absolute atomic E-state index is 0.0383. The summed E-state index contributed by atoms with van der Waals surface area (Å²) in [6.45, 7) is 4.11. The van der Waals surface area contributed by atoms with Gasteiger partial charge in [-0.2, -0.15) is 0 Å². The Kier molecular flexibility index (Phi) is 48.5. The molecule has 0 bridgehead atoms. The lowest BCUT2D eigenvalue weighted by atomic mass is 10.0. The highest BCUT2D eigenvalue weighted by atomic mass is 31.2. The number of carbonyl (C=O) groups is 2. The zero-order valence-corrected chi connectivity index (χ0v) is 46.1. The average molecular weight is 988 g/mol. The van der Waals surface area contributed by atoms with E-state index in [4.69, 9.17) is 18.5 Å². The lowest BCUT2D eigenvalue weighted by molar-refractivity contribution is -0.870. The van der Waals surface area contributed by atoms with Crippen molar-refractivity contribution < 1.29 is 42.1 Å². The molecular weight excluding hydrogens is 882 g/mol. The maximum Gasteiger partial charge on any atom is 0.306 e. The van der Waals surface area contributed by atoms with Crippen LogP contribution in [0.15, 0.2) is 72.9 Å². The number of hydrogen-bond donors (Lipinski definition) is 0.